The third-order valence-electron chi connectivity index (χ3n) is 5.92. The Balaban J connectivity index is 1.19. The Morgan fingerprint density at radius 2 is 2.07 bits per heavy atom. The monoisotopic (exact) mass is 402 g/mol. The molecule has 1 amide bonds. The molecule has 29 heavy (non-hydrogen) atoms. The fourth-order valence-electron chi connectivity index (χ4n) is 4.40. The lowest BCUT2D eigenvalue weighted by Gasteiger charge is -2.42. The maximum atomic E-state index is 13.1. The van der Waals surface area contributed by atoms with Crippen molar-refractivity contribution < 1.29 is 23.0 Å². The van der Waals surface area contributed by atoms with Gasteiger partial charge in [0.15, 0.2) is 5.60 Å². The molecular formula is C20H20F2N4O3. The van der Waals surface area contributed by atoms with E-state index in [1.54, 1.807) is 18.6 Å². The van der Waals surface area contributed by atoms with Crippen LogP contribution >= 0.6 is 0 Å². The smallest absolute Gasteiger partial charge is 0.265 e. The summed E-state index contributed by atoms with van der Waals surface area (Å²) in [6.07, 6.45) is 5.80. The van der Waals surface area contributed by atoms with Crippen molar-refractivity contribution in [2.24, 2.45) is 0 Å². The molecule has 1 saturated carbocycles. The number of aromatic nitrogens is 3. The highest BCUT2D eigenvalue weighted by Crippen LogP contribution is 2.51. The predicted molar refractivity (Wildman–Crippen MR) is 95.5 cm³/mol. The molecule has 2 aromatic rings. The first-order valence-corrected chi connectivity index (χ1v) is 9.67. The van der Waals surface area contributed by atoms with Gasteiger partial charge >= 0.3 is 0 Å². The molecule has 7 nitrogen and oxygen atoms in total. The van der Waals surface area contributed by atoms with Gasteiger partial charge in [0.05, 0.1) is 36.3 Å². The van der Waals surface area contributed by atoms with Gasteiger partial charge in [0, 0.05) is 37.0 Å². The van der Waals surface area contributed by atoms with E-state index >= 15 is 0 Å². The summed E-state index contributed by atoms with van der Waals surface area (Å²) >= 11 is 0. The number of nitrogens with zero attached hydrogens (tertiary/aromatic N) is 4. The molecular weight excluding hydrogens is 382 g/mol. The van der Waals surface area contributed by atoms with E-state index in [1.807, 2.05) is 4.90 Å². The molecule has 0 aromatic carbocycles. The van der Waals surface area contributed by atoms with Crippen LogP contribution in [0.1, 0.15) is 55.1 Å². The second-order valence-electron chi connectivity index (χ2n) is 7.73. The van der Waals surface area contributed by atoms with E-state index in [0.29, 0.717) is 18.5 Å². The van der Waals surface area contributed by atoms with E-state index in [4.69, 9.17) is 9.47 Å². The molecule has 3 fully saturated rings. The van der Waals surface area contributed by atoms with E-state index in [0.717, 1.165) is 24.7 Å². The molecule has 5 rings (SSSR count). The number of carbonyl (C=O) groups is 1. The van der Waals surface area contributed by atoms with Crippen molar-refractivity contribution in [3.05, 3.63) is 53.9 Å². The van der Waals surface area contributed by atoms with Crippen LogP contribution in [0.4, 0.5) is 8.78 Å². The van der Waals surface area contributed by atoms with Crippen LogP contribution in [0.3, 0.4) is 0 Å². The zero-order valence-corrected chi connectivity index (χ0v) is 15.6. The Hall–Kier alpha value is -2.52. The molecule has 0 radical (unpaired) electrons. The summed E-state index contributed by atoms with van der Waals surface area (Å²) in [5, 5.41) is 0. The molecule has 2 atom stereocenters. The molecule has 0 bridgehead atoms. The SMILES string of the molecule is O=C1N2C(CC[C@H]2c2cnccn2)OC12CC(OCc1ccc(C(F)F)cn1)C2. The lowest BCUT2D eigenvalue weighted by molar-refractivity contribution is -0.177. The molecule has 9 heteroatoms. The molecule has 3 aliphatic rings. The normalized spacial score (nSPS) is 30.8. The van der Waals surface area contributed by atoms with Crippen molar-refractivity contribution in [1.82, 2.24) is 19.9 Å². The first-order chi connectivity index (χ1) is 14.1. The zero-order valence-electron chi connectivity index (χ0n) is 15.6. The van der Waals surface area contributed by atoms with Crippen LogP contribution in [0.25, 0.3) is 0 Å². The number of carbonyl (C=O) groups excluding carboxylic acids is 1. The van der Waals surface area contributed by atoms with E-state index < -0.39 is 12.0 Å². The molecule has 4 heterocycles. The maximum Gasteiger partial charge on any atom is 0.265 e. The van der Waals surface area contributed by atoms with Gasteiger partial charge in [-0.1, -0.05) is 0 Å². The highest BCUT2D eigenvalue weighted by atomic mass is 19.3. The van der Waals surface area contributed by atoms with E-state index in [-0.39, 0.29) is 36.5 Å². The van der Waals surface area contributed by atoms with Gasteiger partial charge in [-0.3, -0.25) is 19.7 Å². The Bertz CT molecular complexity index is 890. The summed E-state index contributed by atoms with van der Waals surface area (Å²) in [7, 11) is 0. The Morgan fingerprint density at radius 1 is 1.21 bits per heavy atom. The number of alkyl halides is 2. The third kappa shape index (κ3) is 3.18. The second kappa shape index (κ2) is 7.07. The highest BCUT2D eigenvalue weighted by Gasteiger charge is 2.63. The number of rotatable bonds is 5. The van der Waals surface area contributed by atoms with Gasteiger partial charge in [-0.2, -0.15) is 0 Å². The fraction of sp³-hybridized carbons (Fsp3) is 0.500. The minimum atomic E-state index is -2.53. The van der Waals surface area contributed by atoms with Gasteiger partial charge in [-0.15, -0.1) is 0 Å². The maximum absolute atomic E-state index is 13.1. The Morgan fingerprint density at radius 3 is 2.76 bits per heavy atom. The van der Waals surface area contributed by atoms with Crippen LogP contribution in [0, 0.1) is 0 Å². The number of pyridine rings is 1. The summed E-state index contributed by atoms with van der Waals surface area (Å²) in [4.78, 5) is 27.4. The van der Waals surface area contributed by atoms with Crippen LogP contribution in [0.2, 0.25) is 0 Å². The summed E-state index contributed by atoms with van der Waals surface area (Å²) in [5.74, 6) is -0.00471. The predicted octanol–water partition coefficient (Wildman–Crippen LogP) is 2.95. The van der Waals surface area contributed by atoms with Crippen LogP contribution in [0.15, 0.2) is 36.9 Å². The fourth-order valence-corrected chi connectivity index (χ4v) is 4.40. The van der Waals surface area contributed by atoms with Gasteiger partial charge in [0.25, 0.3) is 12.3 Å². The average molecular weight is 402 g/mol. The van der Waals surface area contributed by atoms with E-state index in [2.05, 4.69) is 15.0 Å². The van der Waals surface area contributed by atoms with Gasteiger partial charge in [-0.25, -0.2) is 8.78 Å². The number of hydrogen-bond donors (Lipinski definition) is 0. The largest absolute Gasteiger partial charge is 0.372 e. The summed E-state index contributed by atoms with van der Waals surface area (Å²) in [6.45, 7) is 0.216. The van der Waals surface area contributed by atoms with Gasteiger partial charge in [-0.05, 0) is 25.0 Å². The van der Waals surface area contributed by atoms with Crippen molar-refractivity contribution in [1.29, 1.82) is 0 Å². The van der Waals surface area contributed by atoms with Crippen LogP contribution < -0.4 is 0 Å². The summed E-state index contributed by atoms with van der Waals surface area (Å²) < 4.78 is 37.1. The first-order valence-electron chi connectivity index (χ1n) is 9.67. The minimum Gasteiger partial charge on any atom is -0.372 e. The molecule has 1 aliphatic carbocycles. The lowest BCUT2D eigenvalue weighted by atomic mass is 9.76. The standard InChI is InChI=1S/C20H20F2N4O3/c21-18(22)12-1-2-13(25-9-12)11-28-14-7-20(8-14)19(27)26-16(3-4-17(26)29-20)15-10-23-5-6-24-15/h1-2,5-6,9-10,14,16-18H,3-4,7-8,11H2/t14?,16-,17?,20?/m0/s1. The van der Waals surface area contributed by atoms with E-state index in [9.17, 15) is 13.6 Å². The molecule has 2 aliphatic heterocycles. The van der Waals surface area contributed by atoms with Gasteiger partial charge < -0.3 is 14.4 Å². The summed E-state index contributed by atoms with van der Waals surface area (Å²) in [5.41, 5.74) is 0.440. The van der Waals surface area contributed by atoms with Gasteiger partial charge in [0.2, 0.25) is 0 Å². The Kier molecular flexibility index (Phi) is 4.51. The van der Waals surface area contributed by atoms with Crippen LogP contribution in [0.5, 0.6) is 0 Å². The van der Waals surface area contributed by atoms with Crippen molar-refractivity contribution in [2.45, 2.75) is 62.7 Å². The zero-order chi connectivity index (χ0) is 20.0. The number of amides is 1. The number of fused-ring (bicyclic) bond motifs is 1. The van der Waals surface area contributed by atoms with Crippen molar-refractivity contribution in [3.63, 3.8) is 0 Å². The number of ether oxygens (including phenoxy) is 2. The lowest BCUT2D eigenvalue weighted by Crippen LogP contribution is -2.54. The highest BCUT2D eigenvalue weighted by molar-refractivity contribution is 5.89. The molecule has 1 unspecified atom stereocenters. The second-order valence-corrected chi connectivity index (χ2v) is 7.73. The molecule has 152 valence electrons. The quantitative estimate of drug-likeness (QED) is 0.765. The summed E-state index contributed by atoms with van der Waals surface area (Å²) in [6, 6.07) is 2.79. The molecule has 2 saturated heterocycles. The van der Waals surface area contributed by atoms with Crippen molar-refractivity contribution in [3.8, 4) is 0 Å². The van der Waals surface area contributed by atoms with Gasteiger partial charge in [0.1, 0.15) is 6.23 Å². The number of halogens is 2. The molecule has 2 aromatic heterocycles. The average Bonchev–Trinajstić information content (AvgIpc) is 3.24. The third-order valence-corrected chi connectivity index (χ3v) is 5.92. The molecule has 1 spiro atoms. The van der Waals surface area contributed by atoms with Crippen molar-refractivity contribution >= 4 is 5.91 Å². The van der Waals surface area contributed by atoms with Crippen molar-refractivity contribution in [2.75, 3.05) is 0 Å². The minimum absolute atomic E-state index is 0.00471. The Labute approximate surface area is 166 Å². The topological polar surface area (TPSA) is 77.4 Å². The number of hydrogen-bond acceptors (Lipinski definition) is 6. The van der Waals surface area contributed by atoms with Crippen LogP contribution in [-0.4, -0.2) is 43.7 Å². The van der Waals surface area contributed by atoms with Crippen LogP contribution in [-0.2, 0) is 20.9 Å². The molecule has 0 N–H and O–H groups in total. The van der Waals surface area contributed by atoms with E-state index in [1.165, 1.54) is 12.1 Å². The first kappa shape index (κ1) is 18.5.